The standard InChI is InChI=1S/C13H13BrN4O/c1-7-5-9(6-11(15)16-7)13(19)18-12-4-3-10(14)8(2)17-12/h3-6H,1-2H3,(H2,15,16)(H,17,18,19). The van der Waals surface area contributed by atoms with Gasteiger partial charge in [-0.15, -0.1) is 0 Å². The number of aromatic nitrogens is 2. The molecule has 0 aliphatic heterocycles. The molecule has 0 saturated heterocycles. The van der Waals surface area contributed by atoms with Gasteiger partial charge in [-0.3, -0.25) is 4.79 Å². The molecule has 6 heteroatoms. The number of halogens is 1. The average molecular weight is 321 g/mol. The third kappa shape index (κ3) is 3.29. The molecule has 0 bridgehead atoms. The van der Waals surface area contributed by atoms with Crippen LogP contribution in [-0.2, 0) is 0 Å². The van der Waals surface area contributed by atoms with E-state index in [4.69, 9.17) is 5.73 Å². The highest BCUT2D eigenvalue weighted by atomic mass is 79.9. The Labute approximate surface area is 119 Å². The van der Waals surface area contributed by atoms with E-state index in [1.54, 1.807) is 19.1 Å². The Morgan fingerprint density at radius 1 is 1.26 bits per heavy atom. The van der Waals surface area contributed by atoms with Crippen molar-refractivity contribution >= 4 is 33.5 Å². The number of hydrogen-bond acceptors (Lipinski definition) is 4. The van der Waals surface area contributed by atoms with E-state index in [0.29, 0.717) is 22.9 Å². The van der Waals surface area contributed by atoms with Crippen LogP contribution in [0, 0.1) is 13.8 Å². The zero-order chi connectivity index (χ0) is 14.0. The first-order chi connectivity index (χ1) is 8.95. The smallest absolute Gasteiger partial charge is 0.257 e. The summed E-state index contributed by atoms with van der Waals surface area (Å²) in [4.78, 5) is 20.4. The second kappa shape index (κ2) is 5.36. The lowest BCUT2D eigenvalue weighted by Crippen LogP contribution is -2.14. The number of nitrogens with zero attached hydrogens (tertiary/aromatic N) is 2. The molecule has 0 atom stereocenters. The first-order valence-corrected chi connectivity index (χ1v) is 6.43. The highest BCUT2D eigenvalue weighted by Crippen LogP contribution is 2.17. The SMILES string of the molecule is Cc1cc(C(=O)Nc2ccc(Br)c(C)n2)cc(N)n1. The van der Waals surface area contributed by atoms with Crippen molar-refractivity contribution in [3.05, 3.63) is 45.7 Å². The third-order valence-electron chi connectivity index (χ3n) is 2.50. The topological polar surface area (TPSA) is 80.9 Å². The summed E-state index contributed by atoms with van der Waals surface area (Å²) < 4.78 is 0.898. The minimum Gasteiger partial charge on any atom is -0.384 e. The van der Waals surface area contributed by atoms with E-state index < -0.39 is 0 Å². The highest BCUT2D eigenvalue weighted by molar-refractivity contribution is 9.10. The molecule has 5 nitrogen and oxygen atoms in total. The molecule has 0 saturated carbocycles. The summed E-state index contributed by atoms with van der Waals surface area (Å²) in [6.07, 6.45) is 0. The number of nitrogens with two attached hydrogens (primary N) is 1. The van der Waals surface area contributed by atoms with Gasteiger partial charge in [-0.2, -0.15) is 0 Å². The van der Waals surface area contributed by atoms with Crippen LogP contribution in [0.25, 0.3) is 0 Å². The second-order valence-corrected chi connectivity index (χ2v) is 4.99. The second-order valence-electron chi connectivity index (χ2n) is 4.14. The minimum atomic E-state index is -0.258. The molecule has 0 aliphatic rings. The summed E-state index contributed by atoms with van der Waals surface area (Å²) in [6.45, 7) is 3.64. The number of anilines is 2. The number of amides is 1. The van der Waals surface area contributed by atoms with Crippen LogP contribution in [0.4, 0.5) is 11.6 Å². The van der Waals surface area contributed by atoms with Gasteiger partial charge in [0.05, 0.1) is 5.69 Å². The number of nitrogen functional groups attached to an aromatic ring is 1. The van der Waals surface area contributed by atoms with Gasteiger partial charge in [0.15, 0.2) is 0 Å². The fourth-order valence-corrected chi connectivity index (χ4v) is 1.85. The summed E-state index contributed by atoms with van der Waals surface area (Å²) in [5.74, 6) is 0.565. The van der Waals surface area contributed by atoms with Gasteiger partial charge in [-0.1, -0.05) is 0 Å². The van der Waals surface area contributed by atoms with Gasteiger partial charge in [0.1, 0.15) is 11.6 Å². The summed E-state index contributed by atoms with van der Waals surface area (Å²) in [7, 11) is 0. The summed E-state index contributed by atoms with van der Waals surface area (Å²) >= 11 is 3.36. The maximum Gasteiger partial charge on any atom is 0.257 e. The van der Waals surface area contributed by atoms with E-state index in [9.17, 15) is 4.79 Å². The first kappa shape index (κ1) is 13.5. The fraction of sp³-hybridized carbons (Fsp3) is 0.154. The Bertz CT molecular complexity index is 622. The molecule has 0 aliphatic carbocycles. The normalized spacial score (nSPS) is 10.3. The van der Waals surface area contributed by atoms with Gasteiger partial charge < -0.3 is 11.1 Å². The van der Waals surface area contributed by atoms with E-state index in [1.165, 1.54) is 6.07 Å². The zero-order valence-electron chi connectivity index (χ0n) is 10.6. The van der Waals surface area contributed by atoms with Crippen LogP contribution in [0.2, 0.25) is 0 Å². The van der Waals surface area contributed by atoms with Crippen molar-refractivity contribution in [2.75, 3.05) is 11.1 Å². The van der Waals surface area contributed by atoms with Gasteiger partial charge in [0.2, 0.25) is 0 Å². The largest absolute Gasteiger partial charge is 0.384 e. The molecule has 0 unspecified atom stereocenters. The number of aryl methyl sites for hydroxylation is 2. The monoisotopic (exact) mass is 320 g/mol. The molecule has 2 aromatic rings. The van der Waals surface area contributed by atoms with Crippen LogP contribution in [0.5, 0.6) is 0 Å². The van der Waals surface area contributed by atoms with Crippen LogP contribution in [0.1, 0.15) is 21.7 Å². The van der Waals surface area contributed by atoms with Crippen molar-refractivity contribution < 1.29 is 4.79 Å². The van der Waals surface area contributed by atoms with Gasteiger partial charge in [0.25, 0.3) is 5.91 Å². The fourth-order valence-electron chi connectivity index (χ4n) is 1.63. The third-order valence-corrected chi connectivity index (χ3v) is 3.34. The minimum absolute atomic E-state index is 0.258. The molecule has 0 spiro atoms. The lowest BCUT2D eigenvalue weighted by atomic mass is 10.2. The number of nitrogens with one attached hydrogen (secondary N) is 1. The van der Waals surface area contributed by atoms with Crippen molar-refractivity contribution in [1.29, 1.82) is 0 Å². The molecule has 2 aromatic heterocycles. The first-order valence-electron chi connectivity index (χ1n) is 5.64. The van der Waals surface area contributed by atoms with Crippen molar-refractivity contribution in [2.24, 2.45) is 0 Å². The molecular formula is C13H13BrN4O. The molecule has 0 radical (unpaired) electrons. The average Bonchev–Trinajstić information content (AvgIpc) is 2.32. The maximum atomic E-state index is 12.1. The van der Waals surface area contributed by atoms with Crippen LogP contribution >= 0.6 is 15.9 Å². The Hall–Kier alpha value is -1.95. The van der Waals surface area contributed by atoms with Gasteiger partial charge in [0, 0.05) is 15.7 Å². The van der Waals surface area contributed by atoms with E-state index in [1.807, 2.05) is 13.0 Å². The molecule has 1 amide bonds. The molecule has 2 heterocycles. The molecule has 0 fully saturated rings. The Morgan fingerprint density at radius 3 is 2.63 bits per heavy atom. The van der Waals surface area contributed by atoms with Gasteiger partial charge in [-0.05, 0) is 54.0 Å². The lowest BCUT2D eigenvalue weighted by Gasteiger charge is -2.07. The number of carbonyl (C=O) groups excluding carboxylic acids is 1. The van der Waals surface area contributed by atoms with Crippen LogP contribution in [0.15, 0.2) is 28.7 Å². The Kier molecular flexibility index (Phi) is 3.80. The van der Waals surface area contributed by atoms with Crippen molar-refractivity contribution in [1.82, 2.24) is 9.97 Å². The number of carbonyl (C=O) groups is 1. The highest BCUT2D eigenvalue weighted by Gasteiger charge is 2.09. The summed E-state index contributed by atoms with van der Waals surface area (Å²) in [6, 6.07) is 6.78. The number of pyridine rings is 2. The van der Waals surface area contributed by atoms with E-state index in [2.05, 4.69) is 31.2 Å². The van der Waals surface area contributed by atoms with Gasteiger partial charge >= 0.3 is 0 Å². The van der Waals surface area contributed by atoms with Crippen LogP contribution < -0.4 is 11.1 Å². The van der Waals surface area contributed by atoms with Crippen LogP contribution in [-0.4, -0.2) is 15.9 Å². The molecule has 3 N–H and O–H groups in total. The van der Waals surface area contributed by atoms with E-state index >= 15 is 0 Å². The molecular weight excluding hydrogens is 308 g/mol. The van der Waals surface area contributed by atoms with E-state index in [-0.39, 0.29) is 5.91 Å². The predicted molar refractivity (Wildman–Crippen MR) is 78.0 cm³/mol. The molecule has 19 heavy (non-hydrogen) atoms. The van der Waals surface area contributed by atoms with Crippen molar-refractivity contribution in [3.63, 3.8) is 0 Å². The quantitative estimate of drug-likeness (QED) is 0.891. The maximum absolute atomic E-state index is 12.1. The predicted octanol–water partition coefficient (Wildman–Crippen LogP) is 2.69. The van der Waals surface area contributed by atoms with Crippen molar-refractivity contribution in [3.8, 4) is 0 Å². The zero-order valence-corrected chi connectivity index (χ0v) is 12.2. The Balaban J connectivity index is 2.22. The van der Waals surface area contributed by atoms with Gasteiger partial charge in [-0.25, -0.2) is 9.97 Å². The summed E-state index contributed by atoms with van der Waals surface area (Å²) in [5, 5.41) is 2.73. The Morgan fingerprint density at radius 2 is 2.00 bits per heavy atom. The molecule has 0 aromatic carbocycles. The molecule has 98 valence electrons. The molecule has 2 rings (SSSR count). The summed E-state index contributed by atoms with van der Waals surface area (Å²) in [5.41, 5.74) is 7.59. The number of hydrogen-bond donors (Lipinski definition) is 2. The number of rotatable bonds is 2. The van der Waals surface area contributed by atoms with E-state index in [0.717, 1.165) is 10.2 Å². The lowest BCUT2D eigenvalue weighted by molar-refractivity contribution is 0.102. The van der Waals surface area contributed by atoms with Crippen molar-refractivity contribution in [2.45, 2.75) is 13.8 Å². The van der Waals surface area contributed by atoms with Crippen LogP contribution in [0.3, 0.4) is 0 Å².